The van der Waals surface area contributed by atoms with Gasteiger partial charge in [-0.05, 0) is 42.5 Å². The Balaban J connectivity index is 3.01. The van der Waals surface area contributed by atoms with Gasteiger partial charge in [0.1, 0.15) is 5.75 Å². The van der Waals surface area contributed by atoms with Crippen LogP contribution in [0.4, 0.5) is 0 Å². The van der Waals surface area contributed by atoms with Crippen LogP contribution in [0.1, 0.15) is 25.8 Å². The quantitative estimate of drug-likeness (QED) is 0.808. The predicted octanol–water partition coefficient (Wildman–Crippen LogP) is 2.98. The fraction of sp³-hybridized carbons (Fsp3) is 0.600. The standard InChI is InChI=1S/C15H24BrNO2/c1-11(2)7-15(9-17,10-18)8-12-6-13(19-3)4-5-14(12)16/h4-6,11,18H,7-10,17H2,1-3H3. The van der Waals surface area contributed by atoms with E-state index in [9.17, 15) is 5.11 Å². The van der Waals surface area contributed by atoms with Gasteiger partial charge >= 0.3 is 0 Å². The number of ether oxygens (including phenoxy) is 1. The SMILES string of the molecule is COc1ccc(Br)c(CC(CN)(CO)CC(C)C)c1. The van der Waals surface area contributed by atoms with Crippen molar-refractivity contribution in [2.24, 2.45) is 17.1 Å². The summed E-state index contributed by atoms with van der Waals surface area (Å²) in [5.41, 5.74) is 6.79. The molecule has 0 saturated carbocycles. The first kappa shape index (κ1) is 16.5. The summed E-state index contributed by atoms with van der Waals surface area (Å²) in [6.45, 7) is 4.89. The highest BCUT2D eigenvalue weighted by Crippen LogP contribution is 2.33. The van der Waals surface area contributed by atoms with Gasteiger partial charge in [-0.1, -0.05) is 29.8 Å². The molecule has 1 atom stereocenters. The number of rotatable bonds is 7. The van der Waals surface area contributed by atoms with Gasteiger partial charge in [-0.2, -0.15) is 0 Å². The highest BCUT2D eigenvalue weighted by Gasteiger charge is 2.30. The molecule has 0 aliphatic heterocycles. The van der Waals surface area contributed by atoms with E-state index in [0.29, 0.717) is 12.5 Å². The third kappa shape index (κ3) is 4.48. The Morgan fingerprint density at radius 1 is 1.42 bits per heavy atom. The largest absolute Gasteiger partial charge is 0.497 e. The predicted molar refractivity (Wildman–Crippen MR) is 82.4 cm³/mol. The molecule has 3 nitrogen and oxygen atoms in total. The third-order valence-electron chi connectivity index (χ3n) is 3.43. The van der Waals surface area contributed by atoms with Gasteiger partial charge in [-0.3, -0.25) is 0 Å². The minimum atomic E-state index is -0.261. The topological polar surface area (TPSA) is 55.5 Å². The molecule has 0 spiro atoms. The van der Waals surface area contributed by atoms with Crippen molar-refractivity contribution in [1.82, 2.24) is 0 Å². The smallest absolute Gasteiger partial charge is 0.119 e. The van der Waals surface area contributed by atoms with Crippen LogP contribution in [0.2, 0.25) is 0 Å². The zero-order chi connectivity index (χ0) is 14.5. The maximum absolute atomic E-state index is 9.78. The van der Waals surface area contributed by atoms with Gasteiger partial charge in [0, 0.05) is 16.4 Å². The zero-order valence-corrected chi connectivity index (χ0v) is 13.5. The van der Waals surface area contributed by atoms with Crippen LogP contribution in [0.5, 0.6) is 5.75 Å². The molecule has 1 aromatic carbocycles. The van der Waals surface area contributed by atoms with Gasteiger partial charge in [0.15, 0.2) is 0 Å². The van der Waals surface area contributed by atoms with E-state index in [1.54, 1.807) is 7.11 Å². The number of methoxy groups -OCH3 is 1. The lowest BCUT2D eigenvalue weighted by Crippen LogP contribution is -2.37. The molecule has 1 unspecified atom stereocenters. The summed E-state index contributed by atoms with van der Waals surface area (Å²) in [6, 6.07) is 5.89. The molecule has 0 aromatic heterocycles. The molecule has 0 aliphatic rings. The zero-order valence-electron chi connectivity index (χ0n) is 11.9. The molecule has 4 heteroatoms. The van der Waals surface area contributed by atoms with Crippen molar-refractivity contribution in [3.05, 3.63) is 28.2 Å². The van der Waals surface area contributed by atoms with E-state index in [-0.39, 0.29) is 12.0 Å². The first-order valence-electron chi connectivity index (χ1n) is 6.59. The Morgan fingerprint density at radius 2 is 2.11 bits per heavy atom. The van der Waals surface area contributed by atoms with E-state index >= 15 is 0 Å². The van der Waals surface area contributed by atoms with E-state index < -0.39 is 0 Å². The Bertz CT molecular complexity index is 403. The van der Waals surface area contributed by atoms with Gasteiger partial charge in [0.2, 0.25) is 0 Å². The molecule has 0 heterocycles. The summed E-state index contributed by atoms with van der Waals surface area (Å²) in [5, 5.41) is 9.78. The Kier molecular flexibility index (Phi) is 6.30. The normalized spacial score (nSPS) is 14.5. The van der Waals surface area contributed by atoms with Crippen molar-refractivity contribution >= 4 is 15.9 Å². The highest BCUT2D eigenvalue weighted by atomic mass is 79.9. The van der Waals surface area contributed by atoms with Crippen molar-refractivity contribution in [3.63, 3.8) is 0 Å². The second-order valence-corrected chi connectivity index (χ2v) is 6.45. The van der Waals surface area contributed by atoms with Gasteiger partial charge in [0.05, 0.1) is 13.7 Å². The van der Waals surface area contributed by atoms with Crippen LogP contribution in [0.25, 0.3) is 0 Å². The summed E-state index contributed by atoms with van der Waals surface area (Å²) < 4.78 is 6.29. The minimum Gasteiger partial charge on any atom is -0.497 e. The van der Waals surface area contributed by atoms with E-state index in [1.807, 2.05) is 18.2 Å². The van der Waals surface area contributed by atoms with Crippen LogP contribution >= 0.6 is 15.9 Å². The number of hydrogen-bond donors (Lipinski definition) is 2. The molecule has 0 saturated heterocycles. The average Bonchev–Trinajstić information content (AvgIpc) is 2.39. The van der Waals surface area contributed by atoms with Crippen LogP contribution in [0, 0.1) is 11.3 Å². The molecule has 1 aromatic rings. The fourth-order valence-corrected chi connectivity index (χ4v) is 2.88. The lowest BCUT2D eigenvalue weighted by Gasteiger charge is -2.32. The second kappa shape index (κ2) is 7.27. The lowest BCUT2D eigenvalue weighted by molar-refractivity contribution is 0.107. The Labute approximate surface area is 124 Å². The molecule has 1 rings (SSSR count). The molecule has 0 aliphatic carbocycles. The van der Waals surface area contributed by atoms with Crippen molar-refractivity contribution in [1.29, 1.82) is 0 Å². The first-order chi connectivity index (χ1) is 8.96. The summed E-state index contributed by atoms with van der Waals surface area (Å²) in [7, 11) is 1.66. The maximum Gasteiger partial charge on any atom is 0.119 e. The molecule has 0 bridgehead atoms. The van der Waals surface area contributed by atoms with Gasteiger partial charge in [0.25, 0.3) is 0 Å². The molecule has 0 radical (unpaired) electrons. The number of halogens is 1. The Morgan fingerprint density at radius 3 is 2.58 bits per heavy atom. The van der Waals surface area contributed by atoms with E-state index in [4.69, 9.17) is 10.5 Å². The average molecular weight is 330 g/mol. The van der Waals surface area contributed by atoms with Crippen molar-refractivity contribution in [2.45, 2.75) is 26.7 Å². The van der Waals surface area contributed by atoms with Crippen LogP contribution in [-0.2, 0) is 6.42 Å². The maximum atomic E-state index is 9.78. The van der Waals surface area contributed by atoms with E-state index in [0.717, 1.165) is 28.6 Å². The fourth-order valence-electron chi connectivity index (χ4n) is 2.50. The van der Waals surface area contributed by atoms with Gasteiger partial charge < -0.3 is 15.6 Å². The third-order valence-corrected chi connectivity index (χ3v) is 4.20. The Hall–Kier alpha value is -0.580. The second-order valence-electron chi connectivity index (χ2n) is 5.59. The highest BCUT2D eigenvalue weighted by molar-refractivity contribution is 9.10. The van der Waals surface area contributed by atoms with Crippen molar-refractivity contribution in [2.75, 3.05) is 20.3 Å². The summed E-state index contributed by atoms with van der Waals surface area (Å²) in [6.07, 6.45) is 1.65. The van der Waals surface area contributed by atoms with Gasteiger partial charge in [-0.15, -0.1) is 0 Å². The van der Waals surface area contributed by atoms with E-state index in [1.165, 1.54) is 0 Å². The molecule has 0 amide bonds. The van der Waals surface area contributed by atoms with Crippen LogP contribution < -0.4 is 10.5 Å². The van der Waals surface area contributed by atoms with Gasteiger partial charge in [-0.25, -0.2) is 0 Å². The minimum absolute atomic E-state index is 0.103. The van der Waals surface area contributed by atoms with Crippen molar-refractivity contribution in [3.8, 4) is 5.75 Å². The van der Waals surface area contributed by atoms with Crippen LogP contribution in [0.15, 0.2) is 22.7 Å². The number of benzene rings is 1. The summed E-state index contributed by atoms with van der Waals surface area (Å²) >= 11 is 3.56. The van der Waals surface area contributed by atoms with Crippen LogP contribution in [0.3, 0.4) is 0 Å². The summed E-state index contributed by atoms with van der Waals surface area (Å²) in [4.78, 5) is 0. The molecule has 3 N–H and O–H groups in total. The molecule has 19 heavy (non-hydrogen) atoms. The number of nitrogens with two attached hydrogens (primary N) is 1. The first-order valence-corrected chi connectivity index (χ1v) is 7.39. The van der Waals surface area contributed by atoms with Crippen molar-refractivity contribution < 1.29 is 9.84 Å². The van der Waals surface area contributed by atoms with Crippen LogP contribution in [-0.4, -0.2) is 25.4 Å². The number of aliphatic hydroxyl groups is 1. The molecular weight excluding hydrogens is 306 g/mol. The molecule has 108 valence electrons. The monoisotopic (exact) mass is 329 g/mol. The summed E-state index contributed by atoms with van der Waals surface area (Å²) in [5.74, 6) is 1.33. The van der Waals surface area contributed by atoms with E-state index in [2.05, 4.69) is 29.8 Å². The molecular formula is C15H24BrNO2. The number of aliphatic hydroxyl groups excluding tert-OH is 1. The molecule has 0 fully saturated rings. The lowest BCUT2D eigenvalue weighted by atomic mass is 9.76. The number of hydrogen-bond acceptors (Lipinski definition) is 3.